The average molecular weight is 263 g/mol. The summed E-state index contributed by atoms with van der Waals surface area (Å²) < 4.78 is 5.93. The number of amides is 2. The number of hydrogen-bond donors (Lipinski definition) is 2. The van der Waals surface area contributed by atoms with E-state index in [2.05, 4.69) is 5.32 Å². The van der Waals surface area contributed by atoms with Crippen molar-refractivity contribution in [3.05, 3.63) is 23.8 Å². The molecule has 0 fully saturated rings. The van der Waals surface area contributed by atoms with Crippen LogP contribution in [0, 0.1) is 0 Å². The molecule has 1 aliphatic heterocycles. The number of carbonyl (C=O) groups excluding carboxylic acids is 1. The Morgan fingerprint density at radius 3 is 2.79 bits per heavy atom. The molecule has 2 rings (SSSR count). The maximum absolute atomic E-state index is 11.9. The third-order valence-corrected chi connectivity index (χ3v) is 3.20. The zero-order chi connectivity index (χ0) is 14.2. The van der Waals surface area contributed by atoms with E-state index in [4.69, 9.17) is 10.5 Å². The molecule has 0 saturated carbocycles. The van der Waals surface area contributed by atoms with Gasteiger partial charge in [0.25, 0.3) is 0 Å². The molecule has 1 aromatic carbocycles. The zero-order valence-electron chi connectivity index (χ0n) is 11.9. The number of nitrogens with two attached hydrogens (primary N) is 1. The molecule has 19 heavy (non-hydrogen) atoms. The Morgan fingerprint density at radius 2 is 2.16 bits per heavy atom. The van der Waals surface area contributed by atoms with Gasteiger partial charge in [0.2, 0.25) is 0 Å². The van der Waals surface area contributed by atoms with E-state index in [1.165, 1.54) is 4.90 Å². The van der Waals surface area contributed by atoms with Crippen molar-refractivity contribution in [2.24, 2.45) is 0 Å². The van der Waals surface area contributed by atoms with Crippen LogP contribution in [0.25, 0.3) is 0 Å². The van der Waals surface area contributed by atoms with Crippen LogP contribution in [0.4, 0.5) is 10.5 Å². The molecular weight excluding hydrogens is 242 g/mol. The van der Waals surface area contributed by atoms with E-state index in [-0.39, 0.29) is 17.7 Å². The highest BCUT2D eigenvalue weighted by Gasteiger charge is 2.34. The van der Waals surface area contributed by atoms with Crippen LogP contribution in [0.15, 0.2) is 18.2 Å². The van der Waals surface area contributed by atoms with Crippen molar-refractivity contribution in [1.82, 2.24) is 10.2 Å². The lowest BCUT2D eigenvalue weighted by atomic mass is 9.89. The molecule has 0 aromatic heterocycles. The largest absolute Gasteiger partial charge is 0.487 e. The lowest BCUT2D eigenvalue weighted by Crippen LogP contribution is -2.44. The highest BCUT2D eigenvalue weighted by atomic mass is 16.5. The lowest BCUT2D eigenvalue weighted by molar-refractivity contribution is 0.0671. The Kier molecular flexibility index (Phi) is 3.30. The number of anilines is 1. The van der Waals surface area contributed by atoms with Crippen molar-refractivity contribution in [1.29, 1.82) is 0 Å². The maximum Gasteiger partial charge on any atom is 0.317 e. The molecule has 1 aromatic rings. The number of urea groups is 1. The molecule has 0 bridgehead atoms. The Morgan fingerprint density at radius 1 is 1.47 bits per heavy atom. The van der Waals surface area contributed by atoms with Crippen LogP contribution in [0.3, 0.4) is 0 Å². The third kappa shape index (κ3) is 2.92. The molecule has 1 aliphatic rings. The number of rotatable bonds is 1. The summed E-state index contributed by atoms with van der Waals surface area (Å²) in [5, 5.41) is 3.01. The molecule has 3 N–H and O–H groups in total. The predicted octanol–water partition coefficient (Wildman–Crippen LogP) is 2.14. The van der Waals surface area contributed by atoms with Crippen molar-refractivity contribution in [3.8, 4) is 5.75 Å². The fraction of sp³-hybridized carbons (Fsp3) is 0.500. The van der Waals surface area contributed by atoms with Gasteiger partial charge in [0, 0.05) is 31.8 Å². The highest BCUT2D eigenvalue weighted by Crippen LogP contribution is 2.40. The van der Waals surface area contributed by atoms with Gasteiger partial charge in [-0.25, -0.2) is 4.79 Å². The van der Waals surface area contributed by atoms with Crippen LogP contribution in [-0.4, -0.2) is 30.6 Å². The predicted molar refractivity (Wildman–Crippen MR) is 75.1 cm³/mol. The highest BCUT2D eigenvalue weighted by molar-refractivity contribution is 5.74. The maximum atomic E-state index is 11.9. The Bertz CT molecular complexity index is 497. The van der Waals surface area contributed by atoms with Crippen LogP contribution in [0.2, 0.25) is 0 Å². The second kappa shape index (κ2) is 4.64. The Labute approximate surface area is 113 Å². The number of nitrogens with zero attached hydrogens (tertiary/aromatic N) is 1. The molecule has 0 spiro atoms. The van der Waals surface area contributed by atoms with Crippen molar-refractivity contribution in [2.75, 3.05) is 19.8 Å². The molecule has 1 unspecified atom stereocenters. The van der Waals surface area contributed by atoms with Gasteiger partial charge in [0.1, 0.15) is 11.4 Å². The summed E-state index contributed by atoms with van der Waals surface area (Å²) in [6.45, 7) is 4.03. The first-order chi connectivity index (χ1) is 8.78. The fourth-order valence-electron chi connectivity index (χ4n) is 2.28. The molecule has 0 aliphatic carbocycles. The Hall–Kier alpha value is -1.91. The molecule has 104 valence electrons. The van der Waals surface area contributed by atoms with E-state index < -0.39 is 0 Å². The fourth-order valence-corrected chi connectivity index (χ4v) is 2.28. The van der Waals surface area contributed by atoms with Gasteiger partial charge in [0.05, 0.1) is 6.04 Å². The smallest absolute Gasteiger partial charge is 0.317 e. The van der Waals surface area contributed by atoms with E-state index in [1.807, 2.05) is 32.0 Å². The number of fused-ring (bicyclic) bond motifs is 1. The average Bonchev–Trinajstić information content (AvgIpc) is 2.29. The second-order valence-corrected chi connectivity index (χ2v) is 5.76. The summed E-state index contributed by atoms with van der Waals surface area (Å²) in [5.41, 5.74) is 7.12. The number of benzene rings is 1. The molecule has 0 radical (unpaired) electrons. The number of hydrogen-bond acceptors (Lipinski definition) is 3. The summed E-state index contributed by atoms with van der Waals surface area (Å²) in [6.07, 6.45) is 0.711. The minimum Gasteiger partial charge on any atom is -0.487 e. The molecular formula is C14H21N3O2. The first-order valence-electron chi connectivity index (χ1n) is 6.35. The van der Waals surface area contributed by atoms with Crippen molar-refractivity contribution in [3.63, 3.8) is 0 Å². The standard InChI is InChI=1S/C14H21N3O2/c1-14(2)8-11(16-13(18)17(3)4)10-7-9(15)5-6-12(10)19-14/h5-7,11H,8,15H2,1-4H3,(H,16,18). The summed E-state index contributed by atoms with van der Waals surface area (Å²) in [5.74, 6) is 0.787. The number of nitrogen functional groups attached to an aromatic ring is 1. The van der Waals surface area contributed by atoms with E-state index >= 15 is 0 Å². The van der Waals surface area contributed by atoms with Gasteiger partial charge in [-0.1, -0.05) is 0 Å². The van der Waals surface area contributed by atoms with Crippen molar-refractivity contribution < 1.29 is 9.53 Å². The number of carbonyl (C=O) groups is 1. The first-order valence-corrected chi connectivity index (χ1v) is 6.35. The summed E-state index contributed by atoms with van der Waals surface area (Å²) in [6, 6.07) is 5.34. The van der Waals surface area contributed by atoms with E-state index in [9.17, 15) is 4.79 Å². The molecule has 1 heterocycles. The Balaban J connectivity index is 2.33. The van der Waals surface area contributed by atoms with Crippen molar-refractivity contribution in [2.45, 2.75) is 31.9 Å². The topological polar surface area (TPSA) is 67.6 Å². The normalized spacial score (nSPS) is 20.1. The van der Waals surface area contributed by atoms with Gasteiger partial charge < -0.3 is 20.7 Å². The van der Waals surface area contributed by atoms with Crippen LogP contribution in [-0.2, 0) is 0 Å². The summed E-state index contributed by atoms with van der Waals surface area (Å²) in [4.78, 5) is 13.4. The SMILES string of the molecule is CN(C)C(=O)NC1CC(C)(C)Oc2ccc(N)cc21. The summed E-state index contributed by atoms with van der Waals surface area (Å²) >= 11 is 0. The van der Waals surface area contributed by atoms with Crippen molar-refractivity contribution >= 4 is 11.7 Å². The van der Waals surface area contributed by atoms with Crippen LogP contribution < -0.4 is 15.8 Å². The van der Waals surface area contributed by atoms with Gasteiger partial charge in [-0.3, -0.25) is 0 Å². The molecule has 5 heteroatoms. The van der Waals surface area contributed by atoms with Gasteiger partial charge in [-0.15, -0.1) is 0 Å². The number of nitrogens with one attached hydrogen (secondary N) is 1. The van der Waals surface area contributed by atoms with E-state index in [1.54, 1.807) is 14.1 Å². The minimum atomic E-state index is -0.312. The van der Waals surface area contributed by atoms with Gasteiger partial charge >= 0.3 is 6.03 Å². The van der Waals surface area contributed by atoms with Gasteiger partial charge in [-0.05, 0) is 32.0 Å². The third-order valence-electron chi connectivity index (χ3n) is 3.20. The van der Waals surface area contributed by atoms with Gasteiger partial charge in [-0.2, -0.15) is 0 Å². The van der Waals surface area contributed by atoms with Crippen LogP contribution in [0.5, 0.6) is 5.75 Å². The quantitative estimate of drug-likeness (QED) is 0.763. The zero-order valence-corrected chi connectivity index (χ0v) is 11.9. The molecule has 1 atom stereocenters. The summed E-state index contributed by atoms with van der Waals surface area (Å²) in [7, 11) is 3.44. The molecule has 0 saturated heterocycles. The molecule has 2 amide bonds. The second-order valence-electron chi connectivity index (χ2n) is 5.76. The van der Waals surface area contributed by atoms with E-state index in [0.717, 1.165) is 11.3 Å². The first kappa shape index (κ1) is 13.5. The minimum absolute atomic E-state index is 0.0860. The molecule has 5 nitrogen and oxygen atoms in total. The number of ether oxygens (including phenoxy) is 1. The van der Waals surface area contributed by atoms with E-state index in [0.29, 0.717) is 12.1 Å². The monoisotopic (exact) mass is 263 g/mol. The lowest BCUT2D eigenvalue weighted by Gasteiger charge is -2.38. The van der Waals surface area contributed by atoms with Crippen LogP contribution >= 0.6 is 0 Å². The van der Waals surface area contributed by atoms with Gasteiger partial charge in [0.15, 0.2) is 0 Å². The van der Waals surface area contributed by atoms with Crippen LogP contribution in [0.1, 0.15) is 31.9 Å².